The minimum Gasteiger partial charge on any atom is -0.366 e. The summed E-state index contributed by atoms with van der Waals surface area (Å²) in [7, 11) is 0. The minimum absolute atomic E-state index is 0.430. The van der Waals surface area contributed by atoms with Crippen LogP contribution in [0.15, 0.2) is 24.5 Å². The van der Waals surface area contributed by atoms with Crippen LogP contribution in [0.2, 0.25) is 0 Å². The third-order valence-electron chi connectivity index (χ3n) is 1.75. The lowest BCUT2D eigenvalue weighted by Gasteiger charge is -1.97. The smallest absolute Gasteiger partial charge is 0.248 e. The zero-order valence-electron chi connectivity index (χ0n) is 6.57. The van der Waals surface area contributed by atoms with E-state index in [1.54, 1.807) is 24.5 Å². The molecule has 2 aromatic heterocycles. The molecule has 0 saturated carbocycles. The first-order valence-electron chi connectivity index (χ1n) is 3.61. The van der Waals surface area contributed by atoms with Gasteiger partial charge in [-0.2, -0.15) is 0 Å². The molecule has 0 radical (unpaired) electrons. The third kappa shape index (κ3) is 1.39. The van der Waals surface area contributed by atoms with Gasteiger partial charge in [-0.3, -0.25) is 9.20 Å². The lowest BCUT2D eigenvalue weighted by atomic mass is 10.2. The van der Waals surface area contributed by atoms with Gasteiger partial charge in [-0.05, 0) is 34.7 Å². The molecule has 2 heterocycles. The summed E-state index contributed by atoms with van der Waals surface area (Å²) in [5.74, 6) is -0.430. The second kappa shape index (κ2) is 2.99. The maximum Gasteiger partial charge on any atom is 0.248 e. The van der Waals surface area contributed by atoms with Crippen LogP contribution in [-0.2, 0) is 0 Å². The van der Waals surface area contributed by atoms with Crippen LogP contribution >= 0.6 is 22.6 Å². The highest BCUT2D eigenvalue weighted by atomic mass is 127. The maximum absolute atomic E-state index is 10.8. The first-order chi connectivity index (χ1) is 6.18. The maximum atomic E-state index is 10.8. The second-order valence-corrected chi connectivity index (χ2v) is 3.69. The van der Waals surface area contributed by atoms with Crippen molar-refractivity contribution in [1.29, 1.82) is 0 Å². The van der Waals surface area contributed by atoms with Crippen LogP contribution in [0.3, 0.4) is 0 Å². The molecule has 66 valence electrons. The van der Waals surface area contributed by atoms with Crippen LogP contribution in [0, 0.1) is 3.70 Å². The topological polar surface area (TPSA) is 60.4 Å². The first kappa shape index (κ1) is 8.49. The molecule has 0 saturated heterocycles. The third-order valence-corrected chi connectivity index (χ3v) is 2.55. The van der Waals surface area contributed by atoms with E-state index in [1.807, 2.05) is 4.40 Å². The highest BCUT2D eigenvalue weighted by Gasteiger charge is 2.03. The Hall–Kier alpha value is -1.11. The van der Waals surface area contributed by atoms with Crippen molar-refractivity contribution in [2.75, 3.05) is 0 Å². The monoisotopic (exact) mass is 287 g/mol. The minimum atomic E-state index is -0.430. The number of hydrogen-bond donors (Lipinski definition) is 1. The number of rotatable bonds is 1. The largest absolute Gasteiger partial charge is 0.366 e. The molecule has 4 nitrogen and oxygen atoms in total. The van der Waals surface area contributed by atoms with Gasteiger partial charge in [0.25, 0.3) is 0 Å². The number of hydrogen-bond acceptors (Lipinski definition) is 2. The van der Waals surface area contributed by atoms with Crippen molar-refractivity contribution >= 4 is 34.1 Å². The van der Waals surface area contributed by atoms with Crippen LogP contribution in [-0.4, -0.2) is 15.3 Å². The Balaban J connectivity index is 2.70. The summed E-state index contributed by atoms with van der Waals surface area (Å²) < 4.78 is 2.89. The number of pyridine rings is 1. The molecule has 2 N–H and O–H groups in total. The Bertz CT molecular complexity index is 477. The summed E-state index contributed by atoms with van der Waals surface area (Å²) in [6, 6.07) is 3.35. The lowest BCUT2D eigenvalue weighted by molar-refractivity contribution is 0.100. The van der Waals surface area contributed by atoms with Crippen LogP contribution in [0.1, 0.15) is 10.4 Å². The Labute approximate surface area is 87.9 Å². The Kier molecular flexibility index (Phi) is 1.95. The zero-order chi connectivity index (χ0) is 9.42. The number of imidazole rings is 1. The number of primary amides is 1. The van der Waals surface area contributed by atoms with Crippen LogP contribution in [0.25, 0.3) is 5.65 Å². The van der Waals surface area contributed by atoms with Crippen molar-refractivity contribution in [2.45, 2.75) is 0 Å². The fourth-order valence-corrected chi connectivity index (χ4v) is 1.65. The number of carbonyl (C=O) groups excluding carboxylic acids is 1. The molecule has 2 rings (SSSR count). The van der Waals surface area contributed by atoms with E-state index >= 15 is 0 Å². The van der Waals surface area contributed by atoms with Gasteiger partial charge in [0, 0.05) is 11.8 Å². The van der Waals surface area contributed by atoms with Crippen molar-refractivity contribution in [2.24, 2.45) is 5.73 Å². The molecule has 0 unspecified atom stereocenters. The van der Waals surface area contributed by atoms with E-state index < -0.39 is 5.91 Å². The van der Waals surface area contributed by atoms with E-state index in [-0.39, 0.29) is 0 Å². The summed E-state index contributed by atoms with van der Waals surface area (Å²) in [6.45, 7) is 0. The number of aromatic nitrogens is 2. The number of amides is 1. The predicted molar refractivity (Wildman–Crippen MR) is 56.4 cm³/mol. The van der Waals surface area contributed by atoms with Crippen LogP contribution < -0.4 is 5.73 Å². The van der Waals surface area contributed by atoms with Crippen molar-refractivity contribution < 1.29 is 4.79 Å². The fraction of sp³-hybridized carbons (Fsp3) is 0. The summed E-state index contributed by atoms with van der Waals surface area (Å²) >= 11 is 2.17. The molecule has 0 aliphatic rings. The molecule has 13 heavy (non-hydrogen) atoms. The van der Waals surface area contributed by atoms with Crippen molar-refractivity contribution in [3.8, 4) is 0 Å². The Morgan fingerprint density at radius 2 is 2.38 bits per heavy atom. The zero-order valence-corrected chi connectivity index (χ0v) is 8.72. The van der Waals surface area contributed by atoms with Gasteiger partial charge >= 0.3 is 0 Å². The molecular weight excluding hydrogens is 281 g/mol. The first-order valence-corrected chi connectivity index (χ1v) is 4.69. The molecule has 5 heteroatoms. The van der Waals surface area contributed by atoms with Crippen molar-refractivity contribution in [3.63, 3.8) is 0 Å². The van der Waals surface area contributed by atoms with Gasteiger partial charge in [0.2, 0.25) is 5.91 Å². The standard InChI is InChI=1S/C8H6IN3O/c9-6-4-11-7-3-5(8(10)13)1-2-12(6)7/h1-4H,(H2,10,13). The summed E-state index contributed by atoms with van der Waals surface area (Å²) in [4.78, 5) is 14.9. The summed E-state index contributed by atoms with van der Waals surface area (Å²) in [6.07, 6.45) is 3.52. The van der Waals surface area contributed by atoms with Crippen LogP contribution in [0.4, 0.5) is 0 Å². The molecule has 0 aromatic carbocycles. The van der Waals surface area contributed by atoms with E-state index in [2.05, 4.69) is 27.6 Å². The molecular formula is C8H6IN3O. The fourth-order valence-electron chi connectivity index (χ4n) is 1.10. The highest BCUT2D eigenvalue weighted by molar-refractivity contribution is 14.1. The van der Waals surface area contributed by atoms with E-state index in [1.165, 1.54) is 0 Å². The van der Waals surface area contributed by atoms with E-state index in [4.69, 9.17) is 5.73 Å². The van der Waals surface area contributed by atoms with Gasteiger partial charge in [-0.25, -0.2) is 4.98 Å². The van der Waals surface area contributed by atoms with Gasteiger partial charge in [0.15, 0.2) is 0 Å². The number of halogens is 1. The lowest BCUT2D eigenvalue weighted by Crippen LogP contribution is -2.11. The molecule has 0 fully saturated rings. The molecule has 0 spiro atoms. The predicted octanol–water partition coefficient (Wildman–Crippen LogP) is 1.04. The van der Waals surface area contributed by atoms with Gasteiger partial charge < -0.3 is 5.73 Å². The van der Waals surface area contributed by atoms with Crippen molar-refractivity contribution in [3.05, 3.63) is 33.8 Å². The van der Waals surface area contributed by atoms with Crippen molar-refractivity contribution in [1.82, 2.24) is 9.38 Å². The van der Waals surface area contributed by atoms with Crippen LogP contribution in [0.5, 0.6) is 0 Å². The van der Waals surface area contributed by atoms with Gasteiger partial charge in [0.1, 0.15) is 9.35 Å². The quantitative estimate of drug-likeness (QED) is 0.797. The van der Waals surface area contributed by atoms with Gasteiger partial charge in [-0.15, -0.1) is 0 Å². The number of nitrogens with two attached hydrogens (primary N) is 1. The van der Waals surface area contributed by atoms with Gasteiger partial charge in [0.05, 0.1) is 6.20 Å². The molecule has 0 aliphatic heterocycles. The molecule has 0 atom stereocenters. The SMILES string of the molecule is NC(=O)c1ccn2c(I)cnc2c1. The van der Waals surface area contributed by atoms with E-state index in [0.717, 1.165) is 9.35 Å². The molecule has 0 bridgehead atoms. The molecule has 1 amide bonds. The second-order valence-electron chi connectivity index (χ2n) is 2.59. The van der Waals surface area contributed by atoms with Gasteiger partial charge in [-0.1, -0.05) is 0 Å². The Morgan fingerprint density at radius 3 is 3.08 bits per heavy atom. The molecule has 2 aromatic rings. The Morgan fingerprint density at radius 1 is 1.62 bits per heavy atom. The van der Waals surface area contributed by atoms with E-state index in [0.29, 0.717) is 5.56 Å². The normalized spacial score (nSPS) is 10.5. The average molecular weight is 287 g/mol. The summed E-state index contributed by atoms with van der Waals surface area (Å²) in [5, 5.41) is 0. The molecule has 0 aliphatic carbocycles. The van der Waals surface area contributed by atoms with E-state index in [9.17, 15) is 4.79 Å². The number of nitrogens with zero attached hydrogens (tertiary/aromatic N) is 2. The number of carbonyl (C=O) groups is 1. The number of fused-ring (bicyclic) bond motifs is 1. The summed E-state index contributed by atoms with van der Waals surface area (Å²) in [5.41, 5.74) is 6.35. The average Bonchev–Trinajstić information content (AvgIpc) is 2.47. The highest BCUT2D eigenvalue weighted by Crippen LogP contribution is 2.10.